The van der Waals surface area contributed by atoms with Crippen LogP contribution in [0.1, 0.15) is 5.56 Å². The quantitative estimate of drug-likeness (QED) is 0.612. The second kappa shape index (κ2) is 2.73. The van der Waals surface area contributed by atoms with Crippen LogP contribution in [0.2, 0.25) is 0 Å². The Balaban J connectivity index is 2.89. The van der Waals surface area contributed by atoms with Gasteiger partial charge in [0.25, 0.3) is 0 Å². The molecule has 0 unspecified atom stereocenters. The van der Waals surface area contributed by atoms with E-state index in [1.54, 1.807) is 19.1 Å². The molecule has 0 aliphatic rings. The lowest BCUT2D eigenvalue weighted by atomic mass is 10.1. The molecule has 0 saturated heterocycles. The van der Waals surface area contributed by atoms with Crippen LogP contribution in [0.3, 0.4) is 0 Å². The van der Waals surface area contributed by atoms with Gasteiger partial charge in [0.2, 0.25) is 0 Å². The lowest BCUT2D eigenvalue weighted by molar-refractivity contribution is 0.620. The summed E-state index contributed by atoms with van der Waals surface area (Å²) in [6, 6.07) is 8.87. The molecule has 0 aliphatic carbocycles. The predicted molar refractivity (Wildman–Crippen MR) is 53.1 cm³/mol. The SMILES string of the molecule is Cc1cc2cccc(N)c2cc1F. The number of rotatable bonds is 0. The summed E-state index contributed by atoms with van der Waals surface area (Å²) in [5, 5.41) is 1.77. The van der Waals surface area contributed by atoms with E-state index in [4.69, 9.17) is 5.73 Å². The molecule has 0 heterocycles. The third-order valence-electron chi connectivity index (χ3n) is 2.19. The minimum absolute atomic E-state index is 0.203. The second-order valence-corrected chi connectivity index (χ2v) is 3.17. The number of hydrogen-bond donors (Lipinski definition) is 1. The molecule has 2 aromatic rings. The van der Waals surface area contributed by atoms with Gasteiger partial charge in [-0.15, -0.1) is 0 Å². The van der Waals surface area contributed by atoms with Gasteiger partial charge in [0.15, 0.2) is 0 Å². The molecule has 0 saturated carbocycles. The van der Waals surface area contributed by atoms with E-state index in [-0.39, 0.29) is 5.82 Å². The fourth-order valence-corrected chi connectivity index (χ4v) is 1.44. The van der Waals surface area contributed by atoms with Crippen molar-refractivity contribution in [1.82, 2.24) is 0 Å². The topological polar surface area (TPSA) is 26.0 Å². The standard InChI is InChI=1S/C11H10FN/c1-7-5-8-3-2-4-11(13)9(8)6-10(7)12/h2-6H,13H2,1H3. The van der Waals surface area contributed by atoms with Crippen molar-refractivity contribution in [3.63, 3.8) is 0 Å². The van der Waals surface area contributed by atoms with Gasteiger partial charge in [-0.1, -0.05) is 12.1 Å². The van der Waals surface area contributed by atoms with Crippen LogP contribution >= 0.6 is 0 Å². The molecule has 0 amide bonds. The number of fused-ring (bicyclic) bond motifs is 1. The molecule has 2 N–H and O–H groups in total. The number of nitrogen functional groups attached to an aromatic ring is 1. The Kier molecular flexibility index (Phi) is 1.69. The van der Waals surface area contributed by atoms with Gasteiger partial charge < -0.3 is 5.73 Å². The zero-order chi connectivity index (χ0) is 9.42. The van der Waals surface area contributed by atoms with Crippen LogP contribution in [-0.2, 0) is 0 Å². The van der Waals surface area contributed by atoms with Gasteiger partial charge in [-0.05, 0) is 36.1 Å². The first kappa shape index (κ1) is 8.05. The summed E-state index contributed by atoms with van der Waals surface area (Å²) in [6.45, 7) is 1.75. The van der Waals surface area contributed by atoms with E-state index in [1.807, 2.05) is 12.1 Å². The Bertz CT molecular complexity index is 463. The molecule has 66 valence electrons. The summed E-state index contributed by atoms with van der Waals surface area (Å²) in [4.78, 5) is 0. The van der Waals surface area contributed by atoms with E-state index in [2.05, 4.69) is 0 Å². The minimum Gasteiger partial charge on any atom is -0.398 e. The van der Waals surface area contributed by atoms with E-state index in [0.29, 0.717) is 11.3 Å². The van der Waals surface area contributed by atoms with Crippen molar-refractivity contribution in [2.45, 2.75) is 6.92 Å². The van der Waals surface area contributed by atoms with Gasteiger partial charge in [0.1, 0.15) is 5.82 Å². The molecule has 0 radical (unpaired) electrons. The van der Waals surface area contributed by atoms with Crippen LogP contribution in [-0.4, -0.2) is 0 Å². The zero-order valence-electron chi connectivity index (χ0n) is 7.34. The molecule has 0 fully saturated rings. The number of nitrogens with two attached hydrogens (primary N) is 1. The molecule has 13 heavy (non-hydrogen) atoms. The number of benzene rings is 2. The molecule has 2 rings (SSSR count). The molecule has 0 atom stereocenters. The number of aryl methyl sites for hydroxylation is 1. The van der Waals surface area contributed by atoms with Crippen molar-refractivity contribution >= 4 is 16.5 Å². The van der Waals surface area contributed by atoms with Crippen LogP contribution in [0.5, 0.6) is 0 Å². The minimum atomic E-state index is -0.203. The average Bonchev–Trinajstić information content (AvgIpc) is 2.09. The third kappa shape index (κ3) is 1.24. The molecule has 2 heteroatoms. The molecule has 0 aromatic heterocycles. The highest BCUT2D eigenvalue weighted by atomic mass is 19.1. The van der Waals surface area contributed by atoms with Crippen molar-refractivity contribution in [2.75, 3.05) is 5.73 Å². The van der Waals surface area contributed by atoms with Crippen molar-refractivity contribution in [3.8, 4) is 0 Å². The molecular formula is C11H10FN. The maximum absolute atomic E-state index is 13.2. The monoisotopic (exact) mass is 175 g/mol. The normalized spacial score (nSPS) is 10.6. The molecule has 2 aromatic carbocycles. The highest BCUT2D eigenvalue weighted by Gasteiger charge is 2.02. The maximum Gasteiger partial charge on any atom is 0.126 e. The van der Waals surface area contributed by atoms with Gasteiger partial charge in [-0.2, -0.15) is 0 Å². The van der Waals surface area contributed by atoms with Gasteiger partial charge in [-0.3, -0.25) is 0 Å². The smallest absolute Gasteiger partial charge is 0.126 e. The van der Waals surface area contributed by atoms with Crippen LogP contribution in [0.25, 0.3) is 10.8 Å². The summed E-state index contributed by atoms with van der Waals surface area (Å²) in [6.07, 6.45) is 0. The molecule has 0 aliphatic heterocycles. The Hall–Kier alpha value is -1.57. The number of anilines is 1. The van der Waals surface area contributed by atoms with E-state index < -0.39 is 0 Å². The van der Waals surface area contributed by atoms with Crippen LogP contribution in [0.15, 0.2) is 30.3 Å². The first-order valence-corrected chi connectivity index (χ1v) is 4.13. The zero-order valence-corrected chi connectivity index (χ0v) is 7.34. The summed E-state index contributed by atoms with van der Waals surface area (Å²) in [5.74, 6) is -0.203. The van der Waals surface area contributed by atoms with Crippen LogP contribution < -0.4 is 5.73 Å². The first-order valence-electron chi connectivity index (χ1n) is 4.13. The fourth-order valence-electron chi connectivity index (χ4n) is 1.44. The Morgan fingerprint density at radius 3 is 2.77 bits per heavy atom. The molecular weight excluding hydrogens is 165 g/mol. The van der Waals surface area contributed by atoms with E-state index in [9.17, 15) is 4.39 Å². The number of hydrogen-bond acceptors (Lipinski definition) is 1. The van der Waals surface area contributed by atoms with E-state index in [1.165, 1.54) is 6.07 Å². The second-order valence-electron chi connectivity index (χ2n) is 3.17. The summed E-state index contributed by atoms with van der Waals surface area (Å²) < 4.78 is 13.2. The fraction of sp³-hybridized carbons (Fsp3) is 0.0909. The average molecular weight is 175 g/mol. The number of halogens is 1. The lowest BCUT2D eigenvalue weighted by Gasteiger charge is -2.03. The molecule has 0 spiro atoms. The van der Waals surface area contributed by atoms with Crippen LogP contribution in [0, 0.1) is 12.7 Å². The third-order valence-corrected chi connectivity index (χ3v) is 2.19. The molecule has 1 nitrogen and oxygen atoms in total. The van der Waals surface area contributed by atoms with Crippen molar-refractivity contribution in [2.24, 2.45) is 0 Å². The summed E-state index contributed by atoms with van der Waals surface area (Å²) in [5.41, 5.74) is 6.98. The van der Waals surface area contributed by atoms with Gasteiger partial charge in [0, 0.05) is 11.1 Å². The van der Waals surface area contributed by atoms with Crippen molar-refractivity contribution in [1.29, 1.82) is 0 Å². The Morgan fingerprint density at radius 1 is 1.23 bits per heavy atom. The van der Waals surface area contributed by atoms with Crippen molar-refractivity contribution in [3.05, 3.63) is 41.7 Å². The Morgan fingerprint density at radius 2 is 2.00 bits per heavy atom. The maximum atomic E-state index is 13.2. The van der Waals surface area contributed by atoms with Crippen molar-refractivity contribution < 1.29 is 4.39 Å². The van der Waals surface area contributed by atoms with E-state index >= 15 is 0 Å². The lowest BCUT2D eigenvalue weighted by Crippen LogP contribution is -1.89. The van der Waals surface area contributed by atoms with E-state index in [0.717, 1.165) is 10.8 Å². The van der Waals surface area contributed by atoms with Crippen LogP contribution in [0.4, 0.5) is 10.1 Å². The highest BCUT2D eigenvalue weighted by Crippen LogP contribution is 2.23. The van der Waals surface area contributed by atoms with Gasteiger partial charge >= 0.3 is 0 Å². The van der Waals surface area contributed by atoms with Gasteiger partial charge in [0.05, 0.1) is 0 Å². The predicted octanol–water partition coefficient (Wildman–Crippen LogP) is 2.87. The summed E-state index contributed by atoms with van der Waals surface area (Å²) in [7, 11) is 0. The largest absolute Gasteiger partial charge is 0.398 e. The Labute approximate surface area is 76.0 Å². The highest BCUT2D eigenvalue weighted by molar-refractivity contribution is 5.93. The molecule has 0 bridgehead atoms. The summed E-state index contributed by atoms with van der Waals surface area (Å²) >= 11 is 0. The van der Waals surface area contributed by atoms with Gasteiger partial charge in [-0.25, -0.2) is 4.39 Å². The first-order chi connectivity index (χ1) is 6.18.